The van der Waals surface area contributed by atoms with E-state index in [0.29, 0.717) is 5.58 Å². The molecule has 2 aliphatic heterocycles. The molecule has 0 unspecified atom stereocenters. The second-order valence-electron chi connectivity index (χ2n) is 6.25. The molecule has 0 amide bonds. The van der Waals surface area contributed by atoms with Crippen molar-refractivity contribution in [3.05, 3.63) is 44.8 Å². The number of benzene rings is 1. The van der Waals surface area contributed by atoms with E-state index < -0.39 is 5.63 Å². The normalized spacial score (nSPS) is 15.3. The Bertz CT molecular complexity index is 1000. The van der Waals surface area contributed by atoms with Crippen molar-refractivity contribution in [2.24, 2.45) is 0 Å². The Balaban J connectivity index is 1.99. The molecule has 0 saturated carbocycles. The number of nitriles is 2. The summed E-state index contributed by atoms with van der Waals surface area (Å²) in [4.78, 5) is 14.7. The van der Waals surface area contributed by atoms with E-state index in [1.807, 2.05) is 0 Å². The Morgan fingerprint density at radius 1 is 1.17 bits per heavy atom. The average Bonchev–Trinajstić information content (AvgIpc) is 2.61. The second kappa shape index (κ2) is 5.54. The summed E-state index contributed by atoms with van der Waals surface area (Å²) in [5.74, 6) is 0. The third-order valence-electron chi connectivity index (χ3n) is 4.78. The van der Waals surface area contributed by atoms with Crippen molar-refractivity contribution in [2.75, 3.05) is 18.0 Å². The van der Waals surface area contributed by atoms with E-state index in [1.165, 1.54) is 17.3 Å². The summed E-state index contributed by atoms with van der Waals surface area (Å²) < 4.78 is 5.61. The van der Waals surface area contributed by atoms with Gasteiger partial charge in [-0.1, -0.05) is 0 Å². The second-order valence-corrected chi connectivity index (χ2v) is 6.25. The van der Waals surface area contributed by atoms with Gasteiger partial charge in [-0.3, -0.25) is 0 Å². The van der Waals surface area contributed by atoms with Crippen molar-refractivity contribution in [1.29, 1.82) is 10.5 Å². The summed E-state index contributed by atoms with van der Waals surface area (Å²) in [6.07, 6.45) is 5.43. The number of fused-ring (bicyclic) bond motifs is 2. The molecule has 118 valence electrons. The van der Waals surface area contributed by atoms with Crippen molar-refractivity contribution in [1.82, 2.24) is 0 Å². The summed E-state index contributed by atoms with van der Waals surface area (Å²) in [5.41, 5.74) is 3.96. The van der Waals surface area contributed by atoms with Crippen LogP contribution in [0.4, 0.5) is 5.69 Å². The van der Waals surface area contributed by atoms with Crippen molar-refractivity contribution < 1.29 is 4.42 Å². The molecule has 3 heterocycles. The van der Waals surface area contributed by atoms with E-state index in [4.69, 9.17) is 14.9 Å². The van der Waals surface area contributed by atoms with Crippen LogP contribution in [-0.4, -0.2) is 13.1 Å². The summed E-state index contributed by atoms with van der Waals surface area (Å²) in [5, 5.41) is 18.6. The number of hydrogen-bond acceptors (Lipinski definition) is 5. The first-order chi connectivity index (χ1) is 11.7. The van der Waals surface area contributed by atoms with E-state index in [0.717, 1.165) is 49.7 Å². The van der Waals surface area contributed by atoms with Crippen molar-refractivity contribution in [3.8, 4) is 12.1 Å². The van der Waals surface area contributed by atoms with Crippen molar-refractivity contribution in [2.45, 2.75) is 25.7 Å². The minimum Gasteiger partial charge on any atom is -0.422 e. The van der Waals surface area contributed by atoms with Gasteiger partial charge in [0.15, 0.2) is 0 Å². The SMILES string of the molecule is N#CC(C#N)=Cc1cc2cc3c4c(c2oc1=O)CCCN4CCC3. The van der Waals surface area contributed by atoms with Gasteiger partial charge < -0.3 is 9.32 Å². The Hall–Kier alpha value is -3.05. The topological polar surface area (TPSA) is 81.0 Å². The molecule has 0 N–H and O–H groups in total. The Kier molecular flexibility index (Phi) is 3.36. The fourth-order valence-corrected chi connectivity index (χ4v) is 3.81. The van der Waals surface area contributed by atoms with Crippen LogP contribution in [0.2, 0.25) is 0 Å². The molecular formula is C19H15N3O2. The molecule has 5 heteroatoms. The number of nitrogens with zero attached hydrogens (tertiary/aromatic N) is 3. The van der Waals surface area contributed by atoms with Crippen molar-refractivity contribution >= 4 is 22.7 Å². The Labute approximate surface area is 139 Å². The lowest BCUT2D eigenvalue weighted by atomic mass is 9.90. The van der Waals surface area contributed by atoms with Gasteiger partial charge in [0.2, 0.25) is 0 Å². The molecule has 0 atom stereocenters. The average molecular weight is 317 g/mol. The molecule has 5 nitrogen and oxygen atoms in total. The number of anilines is 1. The lowest BCUT2D eigenvalue weighted by Gasteiger charge is -2.37. The quantitative estimate of drug-likeness (QED) is 0.596. The molecule has 1 aromatic carbocycles. The van der Waals surface area contributed by atoms with Gasteiger partial charge in [-0.25, -0.2) is 4.79 Å². The molecule has 1 aromatic heterocycles. The molecule has 2 aromatic rings. The Morgan fingerprint density at radius 2 is 1.92 bits per heavy atom. The van der Waals surface area contributed by atoms with Gasteiger partial charge in [0.05, 0.1) is 5.56 Å². The van der Waals surface area contributed by atoms with Gasteiger partial charge in [0.25, 0.3) is 0 Å². The van der Waals surface area contributed by atoms with Gasteiger partial charge in [-0.05, 0) is 49.5 Å². The molecule has 0 saturated heterocycles. The first-order valence-electron chi connectivity index (χ1n) is 8.10. The predicted octanol–water partition coefficient (Wildman–Crippen LogP) is 2.92. The molecule has 4 rings (SSSR count). The maximum absolute atomic E-state index is 12.3. The van der Waals surface area contributed by atoms with E-state index in [9.17, 15) is 4.79 Å². The third kappa shape index (κ3) is 2.18. The van der Waals surface area contributed by atoms with Crippen LogP contribution in [-0.2, 0) is 12.8 Å². The highest BCUT2D eigenvalue weighted by Gasteiger charge is 2.26. The summed E-state index contributed by atoms with van der Waals surface area (Å²) >= 11 is 0. The maximum Gasteiger partial charge on any atom is 0.343 e. The number of rotatable bonds is 1. The zero-order valence-corrected chi connectivity index (χ0v) is 13.1. The smallest absolute Gasteiger partial charge is 0.343 e. The van der Waals surface area contributed by atoms with Crippen molar-refractivity contribution in [3.63, 3.8) is 0 Å². The molecule has 0 aliphatic carbocycles. The monoisotopic (exact) mass is 317 g/mol. The minimum absolute atomic E-state index is 0.105. The lowest BCUT2D eigenvalue weighted by Crippen LogP contribution is -2.34. The van der Waals surface area contributed by atoms with Crippen LogP contribution in [0.25, 0.3) is 17.0 Å². The molecule has 0 fully saturated rings. The van der Waals surface area contributed by atoms with Gasteiger partial charge in [-0.15, -0.1) is 0 Å². The first kappa shape index (κ1) is 14.5. The van der Waals surface area contributed by atoms with E-state index in [-0.39, 0.29) is 11.1 Å². The van der Waals surface area contributed by atoms with Crippen LogP contribution in [0.15, 0.2) is 26.9 Å². The molecule has 0 spiro atoms. The number of allylic oxidation sites excluding steroid dienone is 1. The molecular weight excluding hydrogens is 302 g/mol. The predicted molar refractivity (Wildman–Crippen MR) is 90.5 cm³/mol. The van der Waals surface area contributed by atoms with E-state index in [2.05, 4.69) is 11.0 Å². The first-order valence-corrected chi connectivity index (χ1v) is 8.10. The van der Waals surface area contributed by atoms with Crippen LogP contribution in [0.3, 0.4) is 0 Å². The van der Waals surface area contributed by atoms with Gasteiger partial charge in [-0.2, -0.15) is 10.5 Å². The summed E-state index contributed by atoms with van der Waals surface area (Å²) in [6.45, 7) is 2.12. The van der Waals surface area contributed by atoms with Gasteiger partial charge in [0.1, 0.15) is 23.3 Å². The largest absolute Gasteiger partial charge is 0.422 e. The molecule has 2 aliphatic rings. The fourth-order valence-electron chi connectivity index (χ4n) is 3.81. The standard InChI is InChI=1S/C19H15N3O2/c20-10-12(11-21)7-15-9-14-8-13-3-1-5-22-6-2-4-16(17(13)22)18(14)24-19(15)23/h7-9H,1-6H2. The van der Waals surface area contributed by atoms with Crippen LogP contribution in [0.5, 0.6) is 0 Å². The fraction of sp³-hybridized carbons (Fsp3) is 0.316. The zero-order chi connectivity index (χ0) is 16.7. The van der Waals surface area contributed by atoms with E-state index >= 15 is 0 Å². The molecule has 0 radical (unpaired) electrons. The minimum atomic E-state index is -0.505. The molecule has 0 bridgehead atoms. The van der Waals surface area contributed by atoms with Crippen LogP contribution < -0.4 is 10.5 Å². The van der Waals surface area contributed by atoms with E-state index in [1.54, 1.807) is 18.2 Å². The van der Waals surface area contributed by atoms with Crippen LogP contribution in [0.1, 0.15) is 29.5 Å². The maximum atomic E-state index is 12.3. The van der Waals surface area contributed by atoms with Crippen LogP contribution in [0, 0.1) is 22.7 Å². The lowest BCUT2D eigenvalue weighted by molar-refractivity contribution is 0.548. The highest BCUT2D eigenvalue weighted by Crippen LogP contribution is 2.39. The summed E-state index contributed by atoms with van der Waals surface area (Å²) in [7, 11) is 0. The summed E-state index contributed by atoms with van der Waals surface area (Å²) in [6, 6.07) is 7.38. The Morgan fingerprint density at radius 3 is 2.67 bits per heavy atom. The number of aryl methyl sites for hydroxylation is 2. The zero-order valence-electron chi connectivity index (χ0n) is 13.1. The number of hydrogen-bond donors (Lipinski definition) is 0. The highest BCUT2D eigenvalue weighted by molar-refractivity contribution is 5.89. The van der Waals surface area contributed by atoms with Gasteiger partial charge >= 0.3 is 5.63 Å². The third-order valence-corrected chi connectivity index (χ3v) is 4.78. The molecule has 24 heavy (non-hydrogen) atoms. The van der Waals surface area contributed by atoms with Gasteiger partial charge in [0, 0.05) is 29.7 Å². The van der Waals surface area contributed by atoms with Crippen LogP contribution >= 0.6 is 0 Å². The highest BCUT2D eigenvalue weighted by atomic mass is 16.4.